The summed E-state index contributed by atoms with van der Waals surface area (Å²) >= 11 is 9.07. The molecule has 0 radical (unpaired) electrons. The molecular weight excluding hydrogens is 179 g/mol. The molecule has 0 aromatic rings. The Morgan fingerprint density at radius 1 is 1.44 bits per heavy atom. The molecule has 0 aliphatic heterocycles. The van der Waals surface area contributed by atoms with Crippen molar-refractivity contribution in [2.24, 2.45) is 0 Å². The van der Waals surface area contributed by atoms with Crippen molar-refractivity contribution in [1.82, 2.24) is 0 Å². The summed E-state index contributed by atoms with van der Waals surface area (Å²) in [5.74, 6) is 0. The van der Waals surface area contributed by atoms with Crippen molar-refractivity contribution in [1.29, 1.82) is 0 Å². The molecule has 0 N–H and O–H groups in total. The number of ether oxygens (including phenoxy) is 1. The Labute approximate surface area is 110 Å². The minimum absolute atomic E-state index is 0. The Kier molecular flexibility index (Phi) is 8.01. The van der Waals surface area contributed by atoms with E-state index in [1.54, 1.807) is 0 Å². The van der Waals surface area contributed by atoms with E-state index in [9.17, 15) is 0 Å². The van der Waals surface area contributed by atoms with E-state index in [1.165, 1.54) is 0 Å². The van der Waals surface area contributed by atoms with Gasteiger partial charge in [0.25, 0.3) is 0 Å². The van der Waals surface area contributed by atoms with Gasteiger partial charge in [-0.05, 0) is 20.8 Å². The third-order valence-corrected chi connectivity index (χ3v) is 0.556. The normalized spacial score (nSPS) is 9.67. The van der Waals surface area contributed by atoms with E-state index in [0.717, 1.165) is 0 Å². The third kappa shape index (κ3) is 12.8. The minimum atomic E-state index is -0.223. The summed E-state index contributed by atoms with van der Waals surface area (Å²) in [6.45, 7) is 5.72. The summed E-state index contributed by atoms with van der Waals surface area (Å²) < 4.78 is 5.18. The Bertz CT molecular complexity index is 97.6. The quantitative estimate of drug-likeness (QED) is 0.264. The predicted octanol–water partition coefficient (Wildman–Crippen LogP) is -1.36. The zero-order valence-corrected chi connectivity index (χ0v) is 11.0. The molecule has 0 atom stereocenters. The van der Waals surface area contributed by atoms with Crippen LogP contribution >= 0.6 is 12.2 Å². The third-order valence-electron chi connectivity index (χ3n) is 0.390. The summed E-state index contributed by atoms with van der Waals surface area (Å²) in [6.07, 6.45) is 0. The van der Waals surface area contributed by atoms with Gasteiger partial charge in [0, 0.05) is 4.38 Å². The molecule has 9 heavy (non-hydrogen) atoms. The molecule has 0 unspecified atom stereocenters. The van der Waals surface area contributed by atoms with Gasteiger partial charge < -0.3 is 29.6 Å². The van der Waals surface area contributed by atoms with Crippen LogP contribution in [0.1, 0.15) is 20.8 Å². The van der Waals surface area contributed by atoms with E-state index < -0.39 is 0 Å². The van der Waals surface area contributed by atoms with Gasteiger partial charge in [-0.3, -0.25) is 0 Å². The van der Waals surface area contributed by atoms with Gasteiger partial charge in [0.15, 0.2) is 0 Å². The summed E-state index contributed by atoms with van der Waals surface area (Å²) in [7, 11) is 0. The van der Waals surface area contributed by atoms with Gasteiger partial charge in [0.2, 0.25) is 0 Å². The van der Waals surface area contributed by atoms with E-state index in [-0.39, 0.29) is 61.4 Å². The molecule has 0 aromatic carbocycles. The van der Waals surface area contributed by atoms with E-state index in [1.807, 2.05) is 20.8 Å². The Balaban J connectivity index is 0. The van der Waals surface area contributed by atoms with Crippen LogP contribution in [0, 0.1) is 0 Å². The molecule has 0 spiro atoms. The van der Waals surface area contributed by atoms with E-state index in [0.29, 0.717) is 0 Å². The monoisotopic (exact) mass is 188 g/mol. The fraction of sp³-hybridized carbons (Fsp3) is 0.800. The standard InChI is InChI=1S/C5H10OS2.K/c1-5(2,3)6-4(7)8;/h1-3H3,(H,7,8);/q;+1/p-1. The van der Waals surface area contributed by atoms with Gasteiger partial charge in [0.1, 0.15) is 0 Å². The van der Waals surface area contributed by atoms with Crippen molar-refractivity contribution in [3.63, 3.8) is 0 Å². The zero-order chi connectivity index (χ0) is 6.78. The van der Waals surface area contributed by atoms with E-state index in [2.05, 4.69) is 24.8 Å². The second kappa shape index (κ2) is 5.40. The number of hydrogen-bond donors (Lipinski definition) is 0. The fourth-order valence-electron chi connectivity index (χ4n) is 0.250. The molecule has 0 bridgehead atoms. The number of thiocarbonyl (C=S) groups is 1. The van der Waals surface area contributed by atoms with Gasteiger partial charge in [-0.2, -0.15) is 0 Å². The maximum Gasteiger partial charge on any atom is 1.00 e. The topological polar surface area (TPSA) is 9.23 Å². The van der Waals surface area contributed by atoms with Crippen LogP contribution in [0.5, 0.6) is 0 Å². The van der Waals surface area contributed by atoms with Crippen LogP contribution in [0.15, 0.2) is 0 Å². The molecule has 1 nitrogen and oxygen atoms in total. The van der Waals surface area contributed by atoms with E-state index >= 15 is 0 Å². The van der Waals surface area contributed by atoms with Crippen molar-refractivity contribution in [2.45, 2.75) is 26.4 Å². The van der Waals surface area contributed by atoms with Gasteiger partial charge in [-0.25, -0.2) is 0 Å². The maximum absolute atomic E-state index is 4.98. The molecule has 0 fully saturated rings. The Morgan fingerprint density at radius 3 is 1.78 bits per heavy atom. The average Bonchev–Trinajstić information content (AvgIpc) is 1.21. The van der Waals surface area contributed by atoms with E-state index in [4.69, 9.17) is 4.74 Å². The molecule has 4 heteroatoms. The molecule has 48 valence electrons. The van der Waals surface area contributed by atoms with Crippen LogP contribution in [-0.4, -0.2) is 9.98 Å². The van der Waals surface area contributed by atoms with Crippen molar-refractivity contribution >= 4 is 29.2 Å². The summed E-state index contributed by atoms with van der Waals surface area (Å²) in [5.41, 5.74) is -0.223. The molecule has 0 aliphatic carbocycles. The summed E-state index contributed by atoms with van der Waals surface area (Å²) in [4.78, 5) is 0. The Hall–Kier alpha value is 1.75. The SMILES string of the molecule is CC(C)(C)OC(=S)[S-].[K+]. The molecule has 0 amide bonds. The van der Waals surface area contributed by atoms with Crippen LogP contribution in [-0.2, 0) is 17.4 Å². The second-order valence-corrected chi connectivity index (χ2v) is 3.46. The second-order valence-electron chi connectivity index (χ2n) is 2.46. The van der Waals surface area contributed by atoms with Crippen LogP contribution in [0.25, 0.3) is 0 Å². The molecule has 0 saturated carbocycles. The molecular formula is C5H9KOS2. The molecule has 0 aliphatic rings. The smallest absolute Gasteiger partial charge is 0.508 e. The first-order valence-electron chi connectivity index (χ1n) is 2.32. The predicted molar refractivity (Wildman–Crippen MR) is 40.8 cm³/mol. The Morgan fingerprint density at radius 2 is 1.78 bits per heavy atom. The van der Waals surface area contributed by atoms with Gasteiger partial charge in [-0.1, -0.05) is 0 Å². The molecule has 0 aromatic heterocycles. The van der Waals surface area contributed by atoms with Gasteiger partial charge in [-0.15, -0.1) is 0 Å². The molecule has 0 heterocycles. The van der Waals surface area contributed by atoms with Crippen LogP contribution < -0.4 is 51.4 Å². The minimum Gasteiger partial charge on any atom is -0.508 e. The van der Waals surface area contributed by atoms with Gasteiger partial charge >= 0.3 is 51.4 Å². The maximum atomic E-state index is 4.98. The largest absolute Gasteiger partial charge is 1.00 e. The number of hydrogen-bond acceptors (Lipinski definition) is 3. The summed E-state index contributed by atoms with van der Waals surface area (Å²) in [5, 5.41) is 0. The van der Waals surface area contributed by atoms with Crippen molar-refractivity contribution < 1.29 is 56.1 Å². The molecule has 0 saturated heterocycles. The average molecular weight is 188 g/mol. The zero-order valence-electron chi connectivity index (χ0n) is 6.22. The van der Waals surface area contributed by atoms with Crippen molar-refractivity contribution in [3.8, 4) is 0 Å². The molecule has 0 rings (SSSR count). The van der Waals surface area contributed by atoms with Gasteiger partial charge in [0.05, 0.1) is 5.60 Å². The van der Waals surface area contributed by atoms with Crippen molar-refractivity contribution in [2.75, 3.05) is 0 Å². The van der Waals surface area contributed by atoms with Crippen LogP contribution in [0.2, 0.25) is 0 Å². The first-order valence-corrected chi connectivity index (χ1v) is 3.13. The summed E-state index contributed by atoms with van der Waals surface area (Å²) in [6, 6.07) is 0. The first-order chi connectivity index (χ1) is 3.42. The van der Waals surface area contributed by atoms with Crippen LogP contribution in [0.3, 0.4) is 0 Å². The van der Waals surface area contributed by atoms with Crippen molar-refractivity contribution in [3.05, 3.63) is 0 Å². The van der Waals surface area contributed by atoms with Crippen LogP contribution in [0.4, 0.5) is 0 Å². The fourth-order valence-corrected chi connectivity index (χ4v) is 0.750. The number of rotatable bonds is 0. The first kappa shape index (κ1) is 13.3.